The first-order valence-electron chi connectivity index (χ1n) is 8.18. The zero-order chi connectivity index (χ0) is 18.1. The summed E-state index contributed by atoms with van der Waals surface area (Å²) in [5.74, 6) is -0.804. The Bertz CT molecular complexity index is 730. The van der Waals surface area contributed by atoms with Crippen LogP contribution < -0.4 is 0 Å². The normalized spacial score (nSPS) is 25.0. The number of sulfonamides is 1. The van der Waals surface area contributed by atoms with E-state index in [1.807, 2.05) is 17.1 Å². The topological polar surface area (TPSA) is 53.0 Å². The highest BCUT2D eigenvalue weighted by atomic mass is 32.2. The molecule has 0 spiro atoms. The summed E-state index contributed by atoms with van der Waals surface area (Å²) in [6.45, 7) is 1.73. The van der Waals surface area contributed by atoms with Gasteiger partial charge in [0.1, 0.15) is 0 Å². The number of fused-ring (bicyclic) bond motifs is 1. The van der Waals surface area contributed by atoms with Crippen LogP contribution >= 0.6 is 0 Å². The van der Waals surface area contributed by atoms with E-state index < -0.39 is 22.1 Å². The van der Waals surface area contributed by atoms with Gasteiger partial charge in [0.15, 0.2) is 5.84 Å². The molecule has 0 aromatic rings. The number of alkyl halides is 3. The van der Waals surface area contributed by atoms with Gasteiger partial charge in [-0.2, -0.15) is 13.2 Å². The summed E-state index contributed by atoms with van der Waals surface area (Å²) < 4.78 is 65.2. The molecule has 1 saturated heterocycles. The minimum absolute atomic E-state index is 0.00795. The number of allylic oxidation sites excluding steroid dienone is 2. The van der Waals surface area contributed by atoms with Crippen LogP contribution in [0.3, 0.4) is 0 Å². The molecule has 25 heavy (non-hydrogen) atoms. The first-order valence-corrected chi connectivity index (χ1v) is 9.79. The molecule has 3 rings (SSSR count). The SMILES string of the molecule is O=S1(=O)CCN2C=CC=C(/C=C\CN3CCC(C(F)(F)F)CC3)C2=N1. The van der Waals surface area contributed by atoms with E-state index in [9.17, 15) is 21.6 Å². The van der Waals surface area contributed by atoms with Crippen molar-refractivity contribution >= 4 is 15.9 Å². The number of likely N-dealkylation sites (tertiary alicyclic amines) is 1. The second-order valence-corrected chi connectivity index (χ2v) is 8.13. The fourth-order valence-electron chi connectivity index (χ4n) is 3.14. The lowest BCUT2D eigenvalue weighted by Gasteiger charge is -2.32. The number of halogens is 3. The summed E-state index contributed by atoms with van der Waals surface area (Å²) in [7, 11) is -3.43. The molecule has 0 radical (unpaired) electrons. The monoisotopic (exact) mass is 375 g/mol. The van der Waals surface area contributed by atoms with Crippen LogP contribution in [0.5, 0.6) is 0 Å². The standard InChI is InChI=1S/C16H20F3N3O2S/c17-16(18,19)14-5-9-21(10-6-14)7-1-3-13-4-2-8-22-11-12-25(23,24)20-15(13)22/h1-4,8,14H,5-7,9-12H2/b3-1-. The summed E-state index contributed by atoms with van der Waals surface area (Å²) in [6.07, 6.45) is 5.17. The van der Waals surface area contributed by atoms with E-state index >= 15 is 0 Å². The number of amidine groups is 1. The predicted molar refractivity (Wildman–Crippen MR) is 89.5 cm³/mol. The fraction of sp³-hybridized carbons (Fsp3) is 0.562. The molecule has 3 aliphatic rings. The molecule has 1 fully saturated rings. The highest BCUT2D eigenvalue weighted by Gasteiger charge is 2.40. The van der Waals surface area contributed by atoms with Gasteiger partial charge in [-0.1, -0.05) is 12.2 Å². The maximum absolute atomic E-state index is 12.7. The largest absolute Gasteiger partial charge is 0.391 e. The van der Waals surface area contributed by atoms with Crippen LogP contribution in [0.2, 0.25) is 0 Å². The van der Waals surface area contributed by atoms with E-state index in [4.69, 9.17) is 0 Å². The third kappa shape index (κ3) is 4.52. The minimum atomic E-state index is -4.10. The number of rotatable bonds is 3. The van der Waals surface area contributed by atoms with Crippen LogP contribution in [0.1, 0.15) is 12.8 Å². The first kappa shape index (κ1) is 18.2. The van der Waals surface area contributed by atoms with E-state index in [0.29, 0.717) is 37.6 Å². The van der Waals surface area contributed by atoms with E-state index in [1.54, 1.807) is 23.3 Å². The van der Waals surface area contributed by atoms with Gasteiger partial charge >= 0.3 is 6.18 Å². The summed E-state index contributed by atoms with van der Waals surface area (Å²) >= 11 is 0. The summed E-state index contributed by atoms with van der Waals surface area (Å²) in [5.41, 5.74) is 0.691. The van der Waals surface area contributed by atoms with Gasteiger partial charge in [-0.05, 0) is 38.1 Å². The molecule has 0 aromatic heterocycles. The van der Waals surface area contributed by atoms with Crippen molar-refractivity contribution in [3.05, 3.63) is 36.1 Å². The van der Waals surface area contributed by atoms with Crippen molar-refractivity contribution in [3.8, 4) is 0 Å². The Labute approximate surface area is 145 Å². The van der Waals surface area contributed by atoms with Crippen LogP contribution in [0.25, 0.3) is 0 Å². The molecule has 0 aliphatic carbocycles. The average Bonchev–Trinajstić information content (AvgIpc) is 2.54. The zero-order valence-corrected chi connectivity index (χ0v) is 14.4. The van der Waals surface area contributed by atoms with Crippen molar-refractivity contribution in [1.82, 2.24) is 9.80 Å². The third-order valence-electron chi connectivity index (χ3n) is 4.60. The fourth-order valence-corrected chi connectivity index (χ4v) is 4.13. The van der Waals surface area contributed by atoms with Crippen molar-refractivity contribution < 1.29 is 21.6 Å². The van der Waals surface area contributed by atoms with Crippen LogP contribution in [0.4, 0.5) is 13.2 Å². The molecule has 5 nitrogen and oxygen atoms in total. The second kappa shape index (κ2) is 6.95. The Kier molecular flexibility index (Phi) is 5.06. The quantitative estimate of drug-likeness (QED) is 0.760. The lowest BCUT2D eigenvalue weighted by atomic mass is 9.96. The average molecular weight is 375 g/mol. The molecule has 0 bridgehead atoms. The van der Waals surface area contributed by atoms with Gasteiger partial charge in [0, 0.05) is 24.9 Å². The van der Waals surface area contributed by atoms with E-state index in [0.717, 1.165) is 0 Å². The van der Waals surface area contributed by atoms with Gasteiger partial charge < -0.3 is 4.90 Å². The number of nitrogens with zero attached hydrogens (tertiary/aromatic N) is 3. The van der Waals surface area contributed by atoms with E-state index in [1.165, 1.54) is 0 Å². The smallest absolute Gasteiger partial charge is 0.331 e. The van der Waals surface area contributed by atoms with Gasteiger partial charge in [0.2, 0.25) is 0 Å². The van der Waals surface area contributed by atoms with Crippen molar-refractivity contribution in [2.45, 2.75) is 19.0 Å². The molecule has 0 atom stereocenters. The summed E-state index contributed by atoms with van der Waals surface area (Å²) in [5, 5.41) is 0. The number of piperidine rings is 1. The van der Waals surface area contributed by atoms with Crippen molar-refractivity contribution in [3.63, 3.8) is 0 Å². The molecule has 0 unspecified atom stereocenters. The third-order valence-corrected chi connectivity index (χ3v) is 5.75. The molecule has 3 heterocycles. The highest BCUT2D eigenvalue weighted by molar-refractivity contribution is 7.90. The van der Waals surface area contributed by atoms with Crippen LogP contribution in [0, 0.1) is 5.92 Å². The second-order valence-electron chi connectivity index (χ2n) is 6.38. The zero-order valence-electron chi connectivity index (χ0n) is 13.6. The van der Waals surface area contributed by atoms with E-state index in [-0.39, 0.29) is 18.6 Å². The predicted octanol–water partition coefficient (Wildman–Crippen LogP) is 2.31. The molecular weight excluding hydrogens is 355 g/mol. The van der Waals surface area contributed by atoms with Crippen LogP contribution in [-0.4, -0.2) is 62.2 Å². The molecule has 0 aromatic carbocycles. The maximum Gasteiger partial charge on any atom is 0.391 e. The van der Waals surface area contributed by atoms with Gasteiger partial charge in [-0.25, -0.2) is 8.42 Å². The van der Waals surface area contributed by atoms with Gasteiger partial charge in [0.05, 0.1) is 11.7 Å². The Morgan fingerprint density at radius 2 is 1.96 bits per heavy atom. The Balaban J connectivity index is 1.59. The molecule has 0 N–H and O–H groups in total. The molecule has 9 heteroatoms. The summed E-state index contributed by atoms with van der Waals surface area (Å²) in [4.78, 5) is 3.75. The molecule has 0 saturated carbocycles. The van der Waals surface area contributed by atoms with Crippen LogP contribution in [-0.2, 0) is 10.0 Å². The highest BCUT2D eigenvalue weighted by Crippen LogP contribution is 2.34. The molecule has 0 amide bonds. The molecule has 138 valence electrons. The van der Waals surface area contributed by atoms with E-state index in [2.05, 4.69) is 4.40 Å². The minimum Gasteiger partial charge on any atom is -0.331 e. The molecular formula is C16H20F3N3O2S. The lowest BCUT2D eigenvalue weighted by Crippen LogP contribution is -2.39. The van der Waals surface area contributed by atoms with Crippen LogP contribution in [0.15, 0.2) is 40.5 Å². The van der Waals surface area contributed by atoms with Gasteiger partial charge in [-0.15, -0.1) is 4.40 Å². The first-order chi connectivity index (χ1) is 11.7. The Morgan fingerprint density at radius 3 is 2.64 bits per heavy atom. The number of hydrogen-bond acceptors (Lipinski definition) is 4. The molecule has 3 aliphatic heterocycles. The van der Waals surface area contributed by atoms with Gasteiger partial charge in [0.25, 0.3) is 10.0 Å². The Hall–Kier alpha value is -1.61. The maximum atomic E-state index is 12.7. The van der Waals surface area contributed by atoms with Crippen molar-refractivity contribution in [2.24, 2.45) is 10.3 Å². The van der Waals surface area contributed by atoms with Gasteiger partial charge in [-0.3, -0.25) is 4.90 Å². The number of hydrogen-bond donors (Lipinski definition) is 0. The Morgan fingerprint density at radius 1 is 1.24 bits per heavy atom. The lowest BCUT2D eigenvalue weighted by molar-refractivity contribution is -0.184. The van der Waals surface area contributed by atoms with Crippen molar-refractivity contribution in [2.75, 3.05) is 31.9 Å². The van der Waals surface area contributed by atoms with Crippen molar-refractivity contribution in [1.29, 1.82) is 0 Å². The summed E-state index contributed by atoms with van der Waals surface area (Å²) in [6, 6.07) is 0.